The summed E-state index contributed by atoms with van der Waals surface area (Å²) in [7, 11) is 1.42. The molecule has 0 unspecified atom stereocenters. The van der Waals surface area contributed by atoms with Crippen LogP contribution in [0.1, 0.15) is 6.42 Å². The highest BCUT2D eigenvalue weighted by atomic mass is 35.5. The number of hydrogen-bond donors (Lipinski definition) is 1. The predicted octanol–water partition coefficient (Wildman–Crippen LogP) is 1.30. The molecule has 0 aliphatic carbocycles. The monoisotopic (exact) mass is 208 g/mol. The second-order valence-electron chi connectivity index (χ2n) is 2.55. The highest BCUT2D eigenvalue weighted by Gasteiger charge is 2.09. The van der Waals surface area contributed by atoms with Crippen LogP contribution < -0.4 is 5.32 Å². The Hall–Kier alpha value is -0.610. The van der Waals surface area contributed by atoms with E-state index < -0.39 is 6.67 Å². The highest BCUT2D eigenvalue weighted by Crippen LogP contribution is 2.04. The van der Waals surface area contributed by atoms with Gasteiger partial charge in [0.1, 0.15) is 19.5 Å². The largest absolute Gasteiger partial charge is 0.399 e. The third-order valence-corrected chi connectivity index (χ3v) is 1.73. The molecule has 76 valence electrons. The van der Waals surface area contributed by atoms with Crippen molar-refractivity contribution in [3.05, 3.63) is 11.6 Å². The molecule has 0 bridgehead atoms. The predicted molar refractivity (Wildman–Crippen MR) is 53.2 cm³/mol. The lowest BCUT2D eigenvalue weighted by Crippen LogP contribution is -2.26. The van der Waals surface area contributed by atoms with Gasteiger partial charge in [-0.3, -0.25) is 0 Å². The first kappa shape index (κ1) is 12.4. The molecule has 0 aromatic rings. The molecular formula is C8H14ClFN2O. The molecule has 0 spiro atoms. The van der Waals surface area contributed by atoms with Crippen molar-refractivity contribution in [3.8, 4) is 0 Å². The Labute approximate surface area is 83.4 Å². The van der Waals surface area contributed by atoms with E-state index in [1.54, 1.807) is 0 Å². The number of nitrogens with zero attached hydrogens (tertiary/aromatic N) is 1. The summed E-state index contributed by atoms with van der Waals surface area (Å²) in [5.74, 6) is 0. The third kappa shape index (κ3) is 3.74. The molecule has 0 aromatic carbocycles. The zero-order valence-corrected chi connectivity index (χ0v) is 8.36. The van der Waals surface area contributed by atoms with Crippen LogP contribution in [-0.2, 0) is 4.84 Å². The highest BCUT2D eigenvalue weighted by molar-refractivity contribution is 6.01. The van der Waals surface area contributed by atoms with Crippen LogP contribution >= 0.6 is 12.4 Å². The summed E-state index contributed by atoms with van der Waals surface area (Å²) in [6, 6.07) is 0. The third-order valence-electron chi connectivity index (χ3n) is 1.73. The van der Waals surface area contributed by atoms with E-state index in [0.717, 1.165) is 18.5 Å². The normalized spacial score (nSPS) is 17.4. The summed E-state index contributed by atoms with van der Waals surface area (Å²) in [4.78, 5) is 4.53. The summed E-state index contributed by atoms with van der Waals surface area (Å²) < 4.78 is 12.3. The van der Waals surface area contributed by atoms with Gasteiger partial charge in [-0.05, 0) is 18.5 Å². The molecule has 13 heavy (non-hydrogen) atoms. The second-order valence-corrected chi connectivity index (χ2v) is 2.55. The van der Waals surface area contributed by atoms with E-state index in [4.69, 9.17) is 0 Å². The SMILES string of the molecule is CO/N=C(\CF)C1=CCCNC1.Cl. The molecule has 0 aromatic heterocycles. The quantitative estimate of drug-likeness (QED) is 0.560. The minimum atomic E-state index is -0.568. The molecule has 0 amide bonds. The van der Waals surface area contributed by atoms with E-state index in [1.165, 1.54) is 7.11 Å². The van der Waals surface area contributed by atoms with Gasteiger partial charge < -0.3 is 10.2 Å². The number of oxime groups is 1. The lowest BCUT2D eigenvalue weighted by Gasteiger charge is -2.13. The van der Waals surface area contributed by atoms with Crippen LogP contribution in [0.3, 0.4) is 0 Å². The molecule has 0 atom stereocenters. The maximum Gasteiger partial charge on any atom is 0.135 e. The van der Waals surface area contributed by atoms with Crippen molar-refractivity contribution >= 4 is 18.1 Å². The van der Waals surface area contributed by atoms with Crippen molar-refractivity contribution in [1.82, 2.24) is 5.32 Å². The van der Waals surface area contributed by atoms with E-state index in [1.807, 2.05) is 6.08 Å². The Morgan fingerprint density at radius 1 is 1.77 bits per heavy atom. The minimum absolute atomic E-state index is 0. The van der Waals surface area contributed by atoms with E-state index in [-0.39, 0.29) is 12.4 Å². The number of alkyl halides is 1. The van der Waals surface area contributed by atoms with Crippen LogP contribution in [0.15, 0.2) is 16.8 Å². The maximum atomic E-state index is 12.3. The van der Waals surface area contributed by atoms with E-state index in [0.29, 0.717) is 12.3 Å². The molecule has 0 saturated carbocycles. The number of halogens is 2. The molecule has 1 aliphatic rings. The maximum absolute atomic E-state index is 12.3. The van der Waals surface area contributed by atoms with E-state index >= 15 is 0 Å². The summed E-state index contributed by atoms with van der Waals surface area (Å²) in [5, 5.41) is 6.74. The van der Waals surface area contributed by atoms with Gasteiger partial charge in [0.05, 0.1) is 0 Å². The first-order valence-electron chi connectivity index (χ1n) is 3.94. The Morgan fingerprint density at radius 2 is 2.54 bits per heavy atom. The van der Waals surface area contributed by atoms with Crippen LogP contribution in [0.4, 0.5) is 4.39 Å². The number of nitrogens with one attached hydrogen (secondary N) is 1. The van der Waals surface area contributed by atoms with E-state index in [9.17, 15) is 4.39 Å². The molecule has 1 heterocycles. The first-order chi connectivity index (χ1) is 5.88. The van der Waals surface area contributed by atoms with Gasteiger partial charge in [0, 0.05) is 6.54 Å². The lowest BCUT2D eigenvalue weighted by molar-refractivity contribution is 0.212. The fourth-order valence-electron chi connectivity index (χ4n) is 1.14. The summed E-state index contributed by atoms with van der Waals surface area (Å²) >= 11 is 0. The Balaban J connectivity index is 0.00000144. The summed E-state index contributed by atoms with van der Waals surface area (Å²) in [6.07, 6.45) is 2.92. The van der Waals surface area contributed by atoms with Crippen LogP contribution in [0.5, 0.6) is 0 Å². The standard InChI is InChI=1S/C8H13FN2O.ClH/c1-12-11-8(5-9)7-3-2-4-10-6-7;/h3,10H,2,4-6H2,1H3;1H/b11-8+;. The van der Waals surface area contributed by atoms with Crippen molar-refractivity contribution < 1.29 is 9.23 Å². The molecule has 1 aliphatic heterocycles. The molecule has 1 rings (SSSR count). The van der Waals surface area contributed by atoms with Gasteiger partial charge in [0.25, 0.3) is 0 Å². The molecule has 5 heteroatoms. The molecule has 0 saturated heterocycles. The van der Waals surface area contributed by atoms with Crippen molar-refractivity contribution in [3.63, 3.8) is 0 Å². The zero-order chi connectivity index (χ0) is 8.81. The minimum Gasteiger partial charge on any atom is -0.399 e. The second kappa shape index (κ2) is 6.86. The Kier molecular flexibility index (Phi) is 6.54. The lowest BCUT2D eigenvalue weighted by atomic mass is 10.1. The van der Waals surface area contributed by atoms with Gasteiger partial charge in [-0.2, -0.15) is 0 Å². The van der Waals surface area contributed by atoms with Crippen LogP contribution in [0.2, 0.25) is 0 Å². The van der Waals surface area contributed by atoms with Crippen LogP contribution in [0.25, 0.3) is 0 Å². The number of rotatable bonds is 3. The van der Waals surface area contributed by atoms with Crippen LogP contribution in [-0.4, -0.2) is 32.6 Å². The van der Waals surface area contributed by atoms with Gasteiger partial charge >= 0.3 is 0 Å². The summed E-state index contributed by atoms with van der Waals surface area (Å²) in [5.41, 5.74) is 1.30. The van der Waals surface area contributed by atoms with E-state index in [2.05, 4.69) is 15.3 Å². The topological polar surface area (TPSA) is 33.6 Å². The smallest absolute Gasteiger partial charge is 0.135 e. The molecular weight excluding hydrogens is 195 g/mol. The van der Waals surface area contributed by atoms with Crippen LogP contribution in [0, 0.1) is 0 Å². The van der Waals surface area contributed by atoms with Gasteiger partial charge in [-0.15, -0.1) is 12.4 Å². The zero-order valence-electron chi connectivity index (χ0n) is 7.55. The molecule has 0 radical (unpaired) electrons. The van der Waals surface area contributed by atoms with Crippen molar-refractivity contribution in [2.24, 2.45) is 5.16 Å². The molecule has 3 nitrogen and oxygen atoms in total. The average molecular weight is 209 g/mol. The Bertz CT molecular complexity index is 200. The van der Waals surface area contributed by atoms with Gasteiger partial charge in [0.2, 0.25) is 0 Å². The van der Waals surface area contributed by atoms with Crippen molar-refractivity contribution in [2.45, 2.75) is 6.42 Å². The average Bonchev–Trinajstić information content (AvgIpc) is 2.15. The fraction of sp³-hybridized carbons (Fsp3) is 0.625. The van der Waals surface area contributed by atoms with Gasteiger partial charge in [-0.1, -0.05) is 11.2 Å². The molecule has 0 fully saturated rings. The number of hydrogen-bond acceptors (Lipinski definition) is 3. The summed E-state index contributed by atoms with van der Waals surface area (Å²) in [6.45, 7) is 1.07. The van der Waals surface area contributed by atoms with Gasteiger partial charge in [0.15, 0.2) is 0 Å². The first-order valence-corrected chi connectivity index (χ1v) is 3.94. The Morgan fingerprint density at radius 3 is 3.00 bits per heavy atom. The van der Waals surface area contributed by atoms with Crippen molar-refractivity contribution in [2.75, 3.05) is 26.9 Å². The fourth-order valence-corrected chi connectivity index (χ4v) is 1.14. The molecule has 1 N–H and O–H groups in total. The van der Waals surface area contributed by atoms with Crippen molar-refractivity contribution in [1.29, 1.82) is 0 Å². The van der Waals surface area contributed by atoms with Gasteiger partial charge in [-0.25, -0.2) is 4.39 Å².